The van der Waals surface area contributed by atoms with Crippen molar-refractivity contribution in [2.24, 2.45) is 5.41 Å². The monoisotopic (exact) mass is 425 g/mol. The van der Waals surface area contributed by atoms with Crippen molar-refractivity contribution in [3.05, 3.63) is 42.3 Å². The minimum atomic E-state index is -4.96. The number of anilines is 1. The highest BCUT2D eigenvalue weighted by Crippen LogP contribution is 2.34. The van der Waals surface area contributed by atoms with Crippen molar-refractivity contribution in [1.29, 1.82) is 0 Å². The number of pyridine rings is 1. The number of amides is 1. The summed E-state index contributed by atoms with van der Waals surface area (Å²) in [6.45, 7) is 7.06. The van der Waals surface area contributed by atoms with E-state index in [1.54, 1.807) is 12.3 Å². The molecule has 0 radical (unpaired) electrons. The SMILES string of the molecule is CC(=O)NC1CCN(c2ccnc(-c3ccc(OC(F)(F)F)c(F)c3)c2)CC1(C)C. The summed E-state index contributed by atoms with van der Waals surface area (Å²) in [6.07, 6.45) is -2.62. The fourth-order valence-corrected chi connectivity index (χ4v) is 3.73. The number of alkyl halides is 3. The van der Waals surface area contributed by atoms with Crippen molar-refractivity contribution in [3.8, 4) is 17.0 Å². The van der Waals surface area contributed by atoms with Crippen LogP contribution in [0.25, 0.3) is 11.3 Å². The lowest BCUT2D eigenvalue weighted by Gasteiger charge is -2.45. The van der Waals surface area contributed by atoms with Gasteiger partial charge in [-0.25, -0.2) is 4.39 Å². The Morgan fingerprint density at radius 3 is 2.60 bits per heavy atom. The predicted octanol–water partition coefficient (Wildman–Crippen LogP) is 4.53. The number of hydrogen-bond acceptors (Lipinski definition) is 4. The quantitative estimate of drug-likeness (QED) is 0.732. The zero-order chi connectivity index (χ0) is 22.1. The third-order valence-electron chi connectivity index (χ3n) is 5.17. The first-order valence-corrected chi connectivity index (χ1v) is 9.48. The van der Waals surface area contributed by atoms with Gasteiger partial charge < -0.3 is 15.0 Å². The molecule has 1 saturated heterocycles. The first kappa shape index (κ1) is 21.9. The van der Waals surface area contributed by atoms with Crippen LogP contribution in [0.4, 0.5) is 23.2 Å². The van der Waals surface area contributed by atoms with Gasteiger partial charge in [-0.1, -0.05) is 13.8 Å². The van der Waals surface area contributed by atoms with Gasteiger partial charge in [0, 0.05) is 48.9 Å². The summed E-state index contributed by atoms with van der Waals surface area (Å²) in [5, 5.41) is 3.00. The number of carbonyl (C=O) groups excluding carboxylic acids is 1. The topological polar surface area (TPSA) is 54.5 Å². The van der Waals surface area contributed by atoms with E-state index < -0.39 is 17.9 Å². The summed E-state index contributed by atoms with van der Waals surface area (Å²) >= 11 is 0. The molecule has 2 aromatic rings. The lowest BCUT2D eigenvalue weighted by atomic mass is 9.79. The third-order valence-corrected chi connectivity index (χ3v) is 5.17. The maximum atomic E-state index is 14.1. The van der Waals surface area contributed by atoms with Gasteiger partial charge in [0.25, 0.3) is 0 Å². The number of halogens is 4. The van der Waals surface area contributed by atoms with Crippen LogP contribution < -0.4 is 15.0 Å². The molecule has 1 amide bonds. The van der Waals surface area contributed by atoms with Gasteiger partial charge in [-0.2, -0.15) is 0 Å². The molecule has 1 N–H and O–H groups in total. The lowest BCUT2D eigenvalue weighted by Crippen LogP contribution is -2.55. The summed E-state index contributed by atoms with van der Waals surface area (Å²) in [6, 6.07) is 6.91. The second kappa shape index (κ2) is 8.12. The Kier molecular flexibility index (Phi) is 5.92. The van der Waals surface area contributed by atoms with Gasteiger partial charge in [-0.3, -0.25) is 9.78 Å². The first-order chi connectivity index (χ1) is 13.9. The zero-order valence-electron chi connectivity index (χ0n) is 16.9. The number of piperidine rings is 1. The predicted molar refractivity (Wildman–Crippen MR) is 105 cm³/mol. The Balaban J connectivity index is 1.80. The number of hydrogen-bond donors (Lipinski definition) is 1. The molecule has 0 spiro atoms. The fourth-order valence-electron chi connectivity index (χ4n) is 3.73. The Morgan fingerprint density at radius 2 is 2.00 bits per heavy atom. The molecule has 1 aromatic heterocycles. The smallest absolute Gasteiger partial charge is 0.403 e. The minimum Gasteiger partial charge on any atom is -0.403 e. The third kappa shape index (κ3) is 5.20. The van der Waals surface area contributed by atoms with Crippen LogP contribution in [0.2, 0.25) is 0 Å². The van der Waals surface area contributed by atoms with Crippen LogP contribution >= 0.6 is 0 Å². The van der Waals surface area contributed by atoms with E-state index in [1.165, 1.54) is 13.0 Å². The van der Waals surface area contributed by atoms with Gasteiger partial charge in [0.1, 0.15) is 0 Å². The van der Waals surface area contributed by atoms with E-state index in [9.17, 15) is 22.4 Å². The molecule has 0 saturated carbocycles. The molecule has 0 aliphatic carbocycles. The molecular formula is C21H23F4N3O2. The van der Waals surface area contributed by atoms with Crippen molar-refractivity contribution >= 4 is 11.6 Å². The van der Waals surface area contributed by atoms with E-state index in [4.69, 9.17) is 0 Å². The number of nitrogens with zero attached hydrogens (tertiary/aromatic N) is 2. The van der Waals surface area contributed by atoms with Crippen LogP contribution in [0.15, 0.2) is 36.5 Å². The molecule has 5 nitrogen and oxygen atoms in total. The molecule has 3 rings (SSSR count). The summed E-state index contributed by atoms with van der Waals surface area (Å²) in [5.74, 6) is -2.06. The Bertz CT molecular complexity index is 931. The second-order valence-electron chi connectivity index (χ2n) is 8.04. The standard InChI is InChI=1S/C21H23F4N3O2/c1-13(29)27-19-7-9-28(12-20(19,2)3)15-6-8-26-17(11-15)14-4-5-18(16(22)10-14)30-21(23,24)25/h4-6,8,10-11,19H,7,9,12H2,1-3H3,(H,27,29). The van der Waals surface area contributed by atoms with Crippen LogP contribution in [0, 0.1) is 11.2 Å². The molecular weight excluding hydrogens is 402 g/mol. The van der Waals surface area contributed by atoms with Crippen molar-refractivity contribution in [3.63, 3.8) is 0 Å². The molecule has 1 atom stereocenters. The van der Waals surface area contributed by atoms with Crippen LogP contribution in [0.5, 0.6) is 5.75 Å². The molecule has 1 aromatic carbocycles. The van der Waals surface area contributed by atoms with Gasteiger partial charge in [-0.05, 0) is 36.8 Å². The van der Waals surface area contributed by atoms with Gasteiger partial charge in [0.05, 0.1) is 5.69 Å². The van der Waals surface area contributed by atoms with E-state index in [0.29, 0.717) is 24.3 Å². The normalized spacial score (nSPS) is 18.8. The van der Waals surface area contributed by atoms with E-state index >= 15 is 0 Å². The van der Waals surface area contributed by atoms with E-state index in [1.807, 2.05) is 6.07 Å². The summed E-state index contributed by atoms with van der Waals surface area (Å²) in [5.41, 5.74) is 1.48. The summed E-state index contributed by atoms with van der Waals surface area (Å²) in [4.78, 5) is 17.8. The van der Waals surface area contributed by atoms with Crippen LogP contribution in [0.3, 0.4) is 0 Å². The molecule has 1 unspecified atom stereocenters. The molecule has 1 aliphatic heterocycles. The number of carbonyl (C=O) groups is 1. The number of aromatic nitrogens is 1. The molecule has 1 aliphatic rings. The average molecular weight is 425 g/mol. The van der Waals surface area contributed by atoms with Gasteiger partial charge in [0.15, 0.2) is 11.6 Å². The Labute approximate surface area is 172 Å². The summed E-state index contributed by atoms with van der Waals surface area (Å²) in [7, 11) is 0. The number of ether oxygens (including phenoxy) is 1. The van der Waals surface area contributed by atoms with E-state index in [-0.39, 0.29) is 17.4 Å². The lowest BCUT2D eigenvalue weighted by molar-refractivity contribution is -0.275. The Hall–Kier alpha value is -2.84. The van der Waals surface area contributed by atoms with Gasteiger partial charge >= 0.3 is 6.36 Å². The fraction of sp³-hybridized carbons (Fsp3) is 0.429. The van der Waals surface area contributed by atoms with Gasteiger partial charge in [-0.15, -0.1) is 13.2 Å². The Morgan fingerprint density at radius 1 is 1.27 bits per heavy atom. The largest absolute Gasteiger partial charge is 0.573 e. The first-order valence-electron chi connectivity index (χ1n) is 9.48. The van der Waals surface area contributed by atoms with Crippen LogP contribution in [0.1, 0.15) is 27.2 Å². The minimum absolute atomic E-state index is 0.0582. The molecule has 30 heavy (non-hydrogen) atoms. The number of benzene rings is 1. The molecule has 0 bridgehead atoms. The van der Waals surface area contributed by atoms with Crippen molar-refractivity contribution in [1.82, 2.24) is 10.3 Å². The number of rotatable bonds is 4. The average Bonchev–Trinajstić information content (AvgIpc) is 2.63. The summed E-state index contributed by atoms with van der Waals surface area (Å²) < 4.78 is 54.7. The zero-order valence-corrected chi connectivity index (χ0v) is 16.9. The highest BCUT2D eigenvalue weighted by atomic mass is 19.4. The second-order valence-corrected chi connectivity index (χ2v) is 8.04. The van der Waals surface area contributed by atoms with Crippen molar-refractivity contribution in [2.75, 3.05) is 18.0 Å². The van der Waals surface area contributed by atoms with E-state index in [0.717, 1.165) is 24.2 Å². The maximum Gasteiger partial charge on any atom is 0.573 e. The van der Waals surface area contributed by atoms with Crippen LogP contribution in [-0.2, 0) is 4.79 Å². The molecule has 1 fully saturated rings. The van der Waals surface area contributed by atoms with E-state index in [2.05, 4.69) is 33.8 Å². The maximum absolute atomic E-state index is 14.1. The van der Waals surface area contributed by atoms with Gasteiger partial charge in [0.2, 0.25) is 5.91 Å². The molecule has 2 heterocycles. The van der Waals surface area contributed by atoms with Crippen molar-refractivity contribution < 1.29 is 27.1 Å². The highest BCUT2D eigenvalue weighted by Gasteiger charge is 2.36. The number of nitrogens with one attached hydrogen (secondary N) is 1. The highest BCUT2D eigenvalue weighted by molar-refractivity contribution is 5.73. The molecule has 9 heteroatoms. The molecule has 162 valence electrons. The van der Waals surface area contributed by atoms with Crippen molar-refractivity contribution in [2.45, 2.75) is 39.6 Å². The van der Waals surface area contributed by atoms with Crippen LogP contribution in [-0.4, -0.2) is 36.4 Å².